The highest BCUT2D eigenvalue weighted by Crippen LogP contribution is 2.40. The fourth-order valence-electron chi connectivity index (χ4n) is 2.87. The lowest BCUT2D eigenvalue weighted by molar-refractivity contribution is 0.563. The van der Waals surface area contributed by atoms with Gasteiger partial charge in [-0.25, -0.2) is 4.98 Å². The number of thiophene rings is 1. The maximum absolute atomic E-state index is 6.22. The molecule has 1 fully saturated rings. The second-order valence-electron chi connectivity index (χ2n) is 5.74. The Labute approximate surface area is 127 Å². The SMILES string of the molecule is NC1CCCc2sc(N(Cc3cccs3)C3CC3)nc21. The molecule has 1 unspecified atom stereocenters. The normalized spacial score (nSPS) is 21.8. The molecule has 2 aliphatic rings. The lowest BCUT2D eigenvalue weighted by Crippen LogP contribution is -2.24. The Morgan fingerprint density at radius 2 is 2.25 bits per heavy atom. The fraction of sp³-hybridized carbons (Fsp3) is 0.533. The van der Waals surface area contributed by atoms with E-state index in [2.05, 4.69) is 22.4 Å². The van der Waals surface area contributed by atoms with Crippen LogP contribution in [0.25, 0.3) is 0 Å². The van der Waals surface area contributed by atoms with Crippen molar-refractivity contribution in [3.05, 3.63) is 33.0 Å². The number of nitrogens with two attached hydrogens (primary N) is 1. The van der Waals surface area contributed by atoms with Gasteiger partial charge in [-0.1, -0.05) is 6.07 Å². The number of hydrogen-bond donors (Lipinski definition) is 1. The number of fused-ring (bicyclic) bond motifs is 1. The summed E-state index contributed by atoms with van der Waals surface area (Å²) in [5.41, 5.74) is 7.39. The van der Waals surface area contributed by atoms with Gasteiger partial charge < -0.3 is 10.6 Å². The molecule has 2 aromatic rings. The van der Waals surface area contributed by atoms with Crippen molar-refractivity contribution in [1.29, 1.82) is 0 Å². The zero-order chi connectivity index (χ0) is 13.5. The minimum absolute atomic E-state index is 0.159. The first-order chi connectivity index (χ1) is 9.81. The van der Waals surface area contributed by atoms with Crippen molar-refractivity contribution in [1.82, 2.24) is 4.98 Å². The molecular formula is C15H19N3S2. The van der Waals surface area contributed by atoms with Crippen LogP contribution in [-0.4, -0.2) is 11.0 Å². The Morgan fingerprint density at radius 1 is 1.35 bits per heavy atom. The minimum atomic E-state index is 0.159. The van der Waals surface area contributed by atoms with Gasteiger partial charge in [0.15, 0.2) is 5.13 Å². The highest BCUT2D eigenvalue weighted by Gasteiger charge is 2.33. The van der Waals surface area contributed by atoms with Gasteiger partial charge >= 0.3 is 0 Å². The van der Waals surface area contributed by atoms with E-state index in [1.54, 1.807) is 0 Å². The molecule has 3 nitrogen and oxygen atoms in total. The summed E-state index contributed by atoms with van der Waals surface area (Å²) in [6.07, 6.45) is 6.08. The zero-order valence-electron chi connectivity index (χ0n) is 11.4. The number of rotatable bonds is 4. The quantitative estimate of drug-likeness (QED) is 0.936. The molecule has 2 N–H and O–H groups in total. The van der Waals surface area contributed by atoms with Crippen molar-refractivity contribution in [2.24, 2.45) is 5.73 Å². The summed E-state index contributed by atoms with van der Waals surface area (Å²) in [7, 11) is 0. The van der Waals surface area contributed by atoms with Gasteiger partial charge in [0.25, 0.3) is 0 Å². The van der Waals surface area contributed by atoms with Crippen LogP contribution in [0.1, 0.15) is 47.2 Å². The first-order valence-electron chi connectivity index (χ1n) is 7.35. The predicted molar refractivity (Wildman–Crippen MR) is 85.5 cm³/mol. The van der Waals surface area contributed by atoms with Crippen LogP contribution in [0.15, 0.2) is 17.5 Å². The molecule has 5 heteroatoms. The molecule has 0 radical (unpaired) electrons. The average molecular weight is 305 g/mol. The Bertz CT molecular complexity index is 586. The molecule has 1 saturated carbocycles. The molecule has 0 amide bonds. The summed E-state index contributed by atoms with van der Waals surface area (Å²) in [6.45, 7) is 1.00. The summed E-state index contributed by atoms with van der Waals surface area (Å²) in [5, 5.41) is 3.35. The van der Waals surface area contributed by atoms with E-state index in [1.807, 2.05) is 22.7 Å². The molecule has 0 spiro atoms. The zero-order valence-corrected chi connectivity index (χ0v) is 13.1. The Morgan fingerprint density at radius 3 is 2.95 bits per heavy atom. The van der Waals surface area contributed by atoms with Gasteiger partial charge in [0.2, 0.25) is 0 Å². The van der Waals surface area contributed by atoms with E-state index in [0.29, 0.717) is 6.04 Å². The van der Waals surface area contributed by atoms with Crippen molar-refractivity contribution in [2.75, 3.05) is 4.90 Å². The molecule has 2 aliphatic carbocycles. The first kappa shape index (κ1) is 12.8. The summed E-state index contributed by atoms with van der Waals surface area (Å²) >= 11 is 3.71. The molecule has 0 aromatic carbocycles. The Hall–Kier alpha value is -0.910. The first-order valence-corrected chi connectivity index (χ1v) is 9.05. The van der Waals surface area contributed by atoms with Crippen LogP contribution in [0.3, 0.4) is 0 Å². The molecule has 0 bridgehead atoms. The van der Waals surface area contributed by atoms with Crippen molar-refractivity contribution in [2.45, 2.75) is 50.7 Å². The van der Waals surface area contributed by atoms with E-state index in [4.69, 9.17) is 10.7 Å². The molecule has 1 atom stereocenters. The molecule has 20 heavy (non-hydrogen) atoms. The molecule has 106 valence electrons. The van der Waals surface area contributed by atoms with Crippen LogP contribution in [0, 0.1) is 0 Å². The Kier molecular flexibility index (Phi) is 3.28. The van der Waals surface area contributed by atoms with Gasteiger partial charge in [-0.2, -0.15) is 0 Å². The van der Waals surface area contributed by atoms with E-state index >= 15 is 0 Å². The standard InChI is InChI=1S/C15H19N3S2/c16-12-4-1-5-13-14(12)17-15(20-13)18(10-6-7-10)9-11-3-2-8-19-11/h2-3,8,10,12H,1,4-7,9,16H2. The van der Waals surface area contributed by atoms with Gasteiger partial charge in [-0.15, -0.1) is 22.7 Å². The van der Waals surface area contributed by atoms with Gasteiger partial charge in [0.1, 0.15) is 0 Å². The lowest BCUT2D eigenvalue weighted by Gasteiger charge is -2.20. The van der Waals surface area contributed by atoms with Crippen LogP contribution in [0.4, 0.5) is 5.13 Å². The van der Waals surface area contributed by atoms with E-state index in [9.17, 15) is 0 Å². The van der Waals surface area contributed by atoms with E-state index in [1.165, 1.54) is 39.8 Å². The van der Waals surface area contributed by atoms with Crippen molar-refractivity contribution in [3.63, 3.8) is 0 Å². The number of nitrogens with zero attached hydrogens (tertiary/aromatic N) is 2. The van der Waals surface area contributed by atoms with Crippen molar-refractivity contribution < 1.29 is 0 Å². The molecule has 4 rings (SSSR count). The van der Waals surface area contributed by atoms with E-state index in [-0.39, 0.29) is 6.04 Å². The maximum Gasteiger partial charge on any atom is 0.186 e. The smallest absolute Gasteiger partial charge is 0.186 e. The highest BCUT2D eigenvalue weighted by atomic mass is 32.1. The van der Waals surface area contributed by atoms with Crippen LogP contribution >= 0.6 is 22.7 Å². The fourth-order valence-corrected chi connectivity index (χ4v) is 4.82. The van der Waals surface area contributed by atoms with E-state index in [0.717, 1.165) is 19.4 Å². The number of anilines is 1. The van der Waals surface area contributed by atoms with Crippen molar-refractivity contribution in [3.8, 4) is 0 Å². The van der Waals surface area contributed by atoms with Crippen LogP contribution in [0.2, 0.25) is 0 Å². The van der Waals surface area contributed by atoms with Crippen LogP contribution < -0.4 is 10.6 Å². The number of aryl methyl sites for hydroxylation is 1. The second kappa shape index (κ2) is 5.13. The third-order valence-electron chi connectivity index (χ3n) is 4.13. The number of thiazole rings is 1. The van der Waals surface area contributed by atoms with Crippen LogP contribution in [-0.2, 0) is 13.0 Å². The summed E-state index contributed by atoms with van der Waals surface area (Å²) in [5.74, 6) is 0. The van der Waals surface area contributed by atoms with E-state index < -0.39 is 0 Å². The van der Waals surface area contributed by atoms with Crippen molar-refractivity contribution >= 4 is 27.8 Å². The third-order valence-corrected chi connectivity index (χ3v) is 6.16. The summed E-state index contributed by atoms with van der Waals surface area (Å²) in [4.78, 5) is 10.3. The van der Waals surface area contributed by atoms with Gasteiger partial charge in [-0.3, -0.25) is 0 Å². The molecule has 0 aliphatic heterocycles. The summed E-state index contributed by atoms with van der Waals surface area (Å²) < 4.78 is 0. The Balaban J connectivity index is 1.63. The van der Waals surface area contributed by atoms with Gasteiger partial charge in [-0.05, 0) is 43.6 Å². The molecular weight excluding hydrogens is 286 g/mol. The monoisotopic (exact) mass is 305 g/mol. The van der Waals surface area contributed by atoms with Gasteiger partial charge in [0.05, 0.1) is 12.2 Å². The topological polar surface area (TPSA) is 42.1 Å². The largest absolute Gasteiger partial charge is 0.340 e. The predicted octanol–water partition coefficient (Wildman–Crippen LogP) is 3.71. The minimum Gasteiger partial charge on any atom is -0.340 e. The molecule has 2 aromatic heterocycles. The number of hydrogen-bond acceptors (Lipinski definition) is 5. The average Bonchev–Trinajstić information content (AvgIpc) is 2.99. The van der Waals surface area contributed by atoms with Crippen LogP contribution in [0.5, 0.6) is 0 Å². The summed E-state index contributed by atoms with van der Waals surface area (Å²) in [6, 6.07) is 5.21. The lowest BCUT2D eigenvalue weighted by atomic mass is 9.99. The van der Waals surface area contributed by atoms with Gasteiger partial charge in [0, 0.05) is 21.8 Å². The highest BCUT2D eigenvalue weighted by molar-refractivity contribution is 7.15. The maximum atomic E-state index is 6.22. The molecule has 0 saturated heterocycles. The second-order valence-corrected chi connectivity index (χ2v) is 7.84. The molecule has 2 heterocycles. The number of aromatic nitrogens is 1. The third kappa shape index (κ3) is 2.38.